The molecule has 4 nitrogen and oxygen atoms in total. The number of para-hydroxylation sites is 1. The lowest BCUT2D eigenvalue weighted by Gasteiger charge is -2.14. The highest BCUT2D eigenvalue weighted by Crippen LogP contribution is 2.26. The van der Waals surface area contributed by atoms with Crippen LogP contribution in [-0.4, -0.2) is 24.9 Å². The number of primary amides is 1. The van der Waals surface area contributed by atoms with Gasteiger partial charge >= 0.3 is 0 Å². The van der Waals surface area contributed by atoms with Gasteiger partial charge in [0.05, 0.1) is 0 Å². The van der Waals surface area contributed by atoms with Crippen molar-refractivity contribution in [1.82, 2.24) is 4.90 Å². The largest absolute Gasteiger partial charge is 0.457 e. The molecule has 0 saturated heterocycles. The number of nitrogens with zero attached hydrogens (tertiary/aromatic N) is 1. The summed E-state index contributed by atoms with van der Waals surface area (Å²) < 4.78 is 5.87. The molecule has 0 unspecified atom stereocenters. The molecule has 2 aromatic carbocycles. The van der Waals surface area contributed by atoms with Gasteiger partial charge in [0.1, 0.15) is 11.5 Å². The molecule has 20 heavy (non-hydrogen) atoms. The van der Waals surface area contributed by atoms with Crippen molar-refractivity contribution in [3.8, 4) is 11.5 Å². The van der Waals surface area contributed by atoms with Crippen molar-refractivity contribution in [2.75, 3.05) is 14.1 Å². The summed E-state index contributed by atoms with van der Waals surface area (Å²) in [5, 5.41) is 0. The molecule has 0 heterocycles. The van der Waals surface area contributed by atoms with E-state index in [9.17, 15) is 4.79 Å². The van der Waals surface area contributed by atoms with E-state index in [1.807, 2.05) is 38.4 Å². The van der Waals surface area contributed by atoms with E-state index in [0.717, 1.165) is 17.9 Å². The van der Waals surface area contributed by atoms with Crippen molar-refractivity contribution < 1.29 is 9.53 Å². The molecule has 0 bridgehead atoms. The van der Waals surface area contributed by atoms with E-state index in [2.05, 4.69) is 4.90 Å². The van der Waals surface area contributed by atoms with Crippen molar-refractivity contribution in [2.45, 2.75) is 6.54 Å². The van der Waals surface area contributed by atoms with Crippen LogP contribution in [0.25, 0.3) is 0 Å². The van der Waals surface area contributed by atoms with Crippen LogP contribution < -0.4 is 10.5 Å². The first-order valence-corrected chi connectivity index (χ1v) is 6.36. The van der Waals surface area contributed by atoms with Gasteiger partial charge < -0.3 is 15.4 Å². The minimum absolute atomic E-state index is 0.440. The topological polar surface area (TPSA) is 55.6 Å². The Balaban J connectivity index is 2.19. The number of amides is 1. The SMILES string of the molecule is CN(C)Cc1ccccc1Oc1ccc(C(N)=O)cc1. The molecular formula is C16H18N2O2. The quantitative estimate of drug-likeness (QED) is 0.908. The molecule has 0 aliphatic heterocycles. The van der Waals surface area contributed by atoms with Gasteiger partial charge in [-0.3, -0.25) is 4.79 Å². The van der Waals surface area contributed by atoms with E-state index in [0.29, 0.717) is 11.3 Å². The molecule has 104 valence electrons. The number of carbonyl (C=O) groups excluding carboxylic acids is 1. The molecular weight excluding hydrogens is 252 g/mol. The van der Waals surface area contributed by atoms with Crippen LogP contribution in [0.3, 0.4) is 0 Å². The van der Waals surface area contributed by atoms with E-state index in [1.165, 1.54) is 0 Å². The average molecular weight is 270 g/mol. The van der Waals surface area contributed by atoms with E-state index in [-0.39, 0.29) is 0 Å². The second-order valence-electron chi connectivity index (χ2n) is 4.84. The van der Waals surface area contributed by atoms with Gasteiger partial charge in [0, 0.05) is 17.7 Å². The summed E-state index contributed by atoms with van der Waals surface area (Å²) in [7, 11) is 4.02. The second kappa shape index (κ2) is 6.21. The third-order valence-electron chi connectivity index (χ3n) is 2.83. The maximum absolute atomic E-state index is 11.0. The minimum Gasteiger partial charge on any atom is -0.457 e. The zero-order valence-electron chi connectivity index (χ0n) is 11.7. The molecule has 0 radical (unpaired) electrons. The van der Waals surface area contributed by atoms with Crippen LogP contribution in [0, 0.1) is 0 Å². The molecule has 0 aliphatic rings. The van der Waals surface area contributed by atoms with Crippen LogP contribution in [0.1, 0.15) is 15.9 Å². The number of rotatable bonds is 5. The summed E-state index contributed by atoms with van der Waals surface area (Å²) in [4.78, 5) is 13.1. The molecule has 2 rings (SSSR count). The fourth-order valence-electron chi connectivity index (χ4n) is 1.89. The normalized spacial score (nSPS) is 10.6. The Hall–Kier alpha value is -2.33. The molecule has 0 atom stereocenters. The molecule has 4 heteroatoms. The maximum atomic E-state index is 11.0. The zero-order valence-corrected chi connectivity index (χ0v) is 11.7. The predicted octanol–water partition coefficient (Wildman–Crippen LogP) is 2.64. The van der Waals surface area contributed by atoms with E-state index >= 15 is 0 Å². The first-order valence-electron chi connectivity index (χ1n) is 6.36. The zero-order chi connectivity index (χ0) is 14.5. The Kier molecular flexibility index (Phi) is 4.38. The monoisotopic (exact) mass is 270 g/mol. The minimum atomic E-state index is -0.440. The third-order valence-corrected chi connectivity index (χ3v) is 2.83. The van der Waals surface area contributed by atoms with E-state index < -0.39 is 5.91 Å². The van der Waals surface area contributed by atoms with Crippen LogP contribution in [0.2, 0.25) is 0 Å². The lowest BCUT2D eigenvalue weighted by molar-refractivity contribution is 0.100. The van der Waals surface area contributed by atoms with Crippen molar-refractivity contribution >= 4 is 5.91 Å². The lowest BCUT2D eigenvalue weighted by Crippen LogP contribution is -2.11. The van der Waals surface area contributed by atoms with Crippen molar-refractivity contribution in [1.29, 1.82) is 0 Å². The number of nitrogens with two attached hydrogens (primary N) is 1. The highest BCUT2D eigenvalue weighted by Gasteiger charge is 2.06. The maximum Gasteiger partial charge on any atom is 0.248 e. The molecule has 0 spiro atoms. The van der Waals surface area contributed by atoms with Gasteiger partial charge in [0.25, 0.3) is 0 Å². The Morgan fingerprint density at radius 3 is 2.35 bits per heavy atom. The number of ether oxygens (including phenoxy) is 1. The summed E-state index contributed by atoms with van der Waals surface area (Å²) in [5.74, 6) is 1.05. The third kappa shape index (κ3) is 3.59. The first kappa shape index (κ1) is 14.1. The van der Waals surface area contributed by atoms with Crippen molar-refractivity contribution in [2.24, 2.45) is 5.73 Å². The molecule has 2 N–H and O–H groups in total. The van der Waals surface area contributed by atoms with Gasteiger partial charge in [-0.25, -0.2) is 0 Å². The second-order valence-corrected chi connectivity index (χ2v) is 4.84. The molecule has 0 aliphatic carbocycles. The van der Waals surface area contributed by atoms with Crippen LogP contribution >= 0.6 is 0 Å². The van der Waals surface area contributed by atoms with Gasteiger partial charge in [0.15, 0.2) is 0 Å². The van der Waals surface area contributed by atoms with Gasteiger partial charge in [0.2, 0.25) is 5.91 Å². The highest BCUT2D eigenvalue weighted by atomic mass is 16.5. The van der Waals surface area contributed by atoms with Crippen LogP contribution in [0.15, 0.2) is 48.5 Å². The molecule has 1 amide bonds. The summed E-state index contributed by atoms with van der Waals surface area (Å²) in [6, 6.07) is 14.7. The van der Waals surface area contributed by atoms with Crippen LogP contribution in [0.5, 0.6) is 11.5 Å². The Morgan fingerprint density at radius 2 is 1.75 bits per heavy atom. The smallest absolute Gasteiger partial charge is 0.248 e. The molecule has 0 fully saturated rings. The van der Waals surface area contributed by atoms with Crippen LogP contribution in [-0.2, 0) is 6.54 Å². The summed E-state index contributed by atoms with van der Waals surface area (Å²) in [6.07, 6.45) is 0. The summed E-state index contributed by atoms with van der Waals surface area (Å²) in [5.41, 5.74) is 6.79. The Morgan fingerprint density at radius 1 is 1.10 bits per heavy atom. The van der Waals surface area contributed by atoms with Gasteiger partial charge in [-0.1, -0.05) is 18.2 Å². The highest BCUT2D eigenvalue weighted by molar-refractivity contribution is 5.92. The molecule has 2 aromatic rings. The fourth-order valence-corrected chi connectivity index (χ4v) is 1.89. The number of benzene rings is 2. The van der Waals surface area contributed by atoms with Gasteiger partial charge in [-0.2, -0.15) is 0 Å². The standard InChI is InChI=1S/C16H18N2O2/c1-18(2)11-13-5-3-4-6-15(13)20-14-9-7-12(8-10-14)16(17)19/h3-10H,11H2,1-2H3,(H2,17,19). The van der Waals surface area contributed by atoms with Crippen molar-refractivity contribution in [3.63, 3.8) is 0 Å². The summed E-state index contributed by atoms with van der Waals surface area (Å²) >= 11 is 0. The fraction of sp³-hybridized carbons (Fsp3) is 0.188. The molecule has 0 saturated carbocycles. The Bertz CT molecular complexity index is 592. The van der Waals surface area contributed by atoms with E-state index in [1.54, 1.807) is 24.3 Å². The number of hydrogen-bond acceptors (Lipinski definition) is 3. The first-order chi connectivity index (χ1) is 9.56. The van der Waals surface area contributed by atoms with Gasteiger partial charge in [-0.05, 0) is 44.4 Å². The van der Waals surface area contributed by atoms with E-state index in [4.69, 9.17) is 10.5 Å². The van der Waals surface area contributed by atoms with Crippen molar-refractivity contribution in [3.05, 3.63) is 59.7 Å². The molecule has 0 aromatic heterocycles. The summed E-state index contributed by atoms with van der Waals surface area (Å²) in [6.45, 7) is 0.801. The van der Waals surface area contributed by atoms with Crippen LogP contribution in [0.4, 0.5) is 0 Å². The number of hydrogen-bond donors (Lipinski definition) is 1. The average Bonchev–Trinajstić information content (AvgIpc) is 2.41. The van der Waals surface area contributed by atoms with Gasteiger partial charge in [-0.15, -0.1) is 0 Å². The number of carbonyl (C=O) groups is 1. The lowest BCUT2D eigenvalue weighted by atomic mass is 10.2. The Labute approximate surface area is 118 Å². The predicted molar refractivity (Wildman–Crippen MR) is 78.9 cm³/mol.